The number of carbonyl (C=O) groups is 2. The molecule has 0 aromatic rings. The van der Waals surface area contributed by atoms with Gasteiger partial charge < -0.3 is 14.8 Å². The van der Waals surface area contributed by atoms with Gasteiger partial charge in [0.2, 0.25) is 0 Å². The molecule has 1 amide bonds. The normalized spacial score (nSPS) is 11.8. The molecular weight excluding hydrogens is 306 g/mol. The predicted octanol–water partition coefficient (Wildman–Crippen LogP) is 4.98. The minimum Gasteiger partial charge on any atom is -0.464 e. The topological polar surface area (TPSA) is 64.6 Å². The molecule has 0 rings (SSSR count). The van der Waals surface area contributed by atoms with E-state index in [0.29, 0.717) is 19.6 Å². The van der Waals surface area contributed by atoms with Gasteiger partial charge >= 0.3 is 12.1 Å². The minimum absolute atomic E-state index is 0.338. The van der Waals surface area contributed by atoms with Gasteiger partial charge in [0.05, 0.1) is 13.2 Å². The molecule has 0 aliphatic rings. The van der Waals surface area contributed by atoms with Gasteiger partial charge in [-0.3, -0.25) is 0 Å². The standard InChI is InChI=1S/C19H37NO4/c1-4-7-10-12-14-17(20-19(22)24-15-9-6-3)18(21)23-16-13-11-8-5-2/h17H,4-16H2,1-3H3,(H,20,22). The van der Waals surface area contributed by atoms with Crippen molar-refractivity contribution in [1.29, 1.82) is 0 Å². The van der Waals surface area contributed by atoms with Gasteiger partial charge in [-0.2, -0.15) is 0 Å². The van der Waals surface area contributed by atoms with Crippen LogP contribution in [0.15, 0.2) is 0 Å². The van der Waals surface area contributed by atoms with E-state index in [9.17, 15) is 9.59 Å². The summed E-state index contributed by atoms with van der Waals surface area (Å²) in [6.07, 6.45) is 10.4. The van der Waals surface area contributed by atoms with E-state index in [1.807, 2.05) is 6.92 Å². The maximum atomic E-state index is 12.2. The number of ether oxygens (including phenoxy) is 2. The Morgan fingerprint density at radius 2 is 1.33 bits per heavy atom. The second-order valence-corrected chi connectivity index (χ2v) is 6.26. The number of unbranched alkanes of at least 4 members (excludes halogenated alkanes) is 7. The maximum Gasteiger partial charge on any atom is 0.407 e. The highest BCUT2D eigenvalue weighted by atomic mass is 16.6. The van der Waals surface area contributed by atoms with Crippen LogP contribution in [-0.2, 0) is 14.3 Å². The van der Waals surface area contributed by atoms with Crippen LogP contribution in [0.4, 0.5) is 4.79 Å². The smallest absolute Gasteiger partial charge is 0.407 e. The molecular formula is C19H37NO4. The number of nitrogens with one attached hydrogen (secondary N) is 1. The van der Waals surface area contributed by atoms with Gasteiger partial charge in [-0.25, -0.2) is 9.59 Å². The van der Waals surface area contributed by atoms with Crippen molar-refractivity contribution in [2.45, 2.75) is 97.4 Å². The van der Waals surface area contributed by atoms with E-state index < -0.39 is 12.1 Å². The zero-order valence-corrected chi connectivity index (χ0v) is 15.9. The van der Waals surface area contributed by atoms with Gasteiger partial charge in [0.25, 0.3) is 0 Å². The van der Waals surface area contributed by atoms with Gasteiger partial charge in [-0.1, -0.05) is 72.1 Å². The zero-order chi connectivity index (χ0) is 18.0. The number of hydrogen-bond donors (Lipinski definition) is 1. The third-order valence-electron chi connectivity index (χ3n) is 3.90. The second-order valence-electron chi connectivity index (χ2n) is 6.26. The molecule has 0 fully saturated rings. The van der Waals surface area contributed by atoms with Crippen molar-refractivity contribution in [3.05, 3.63) is 0 Å². The molecule has 0 saturated heterocycles. The summed E-state index contributed by atoms with van der Waals surface area (Å²) in [5.41, 5.74) is 0. The Hall–Kier alpha value is -1.26. The molecule has 0 saturated carbocycles. The average Bonchev–Trinajstić information content (AvgIpc) is 2.57. The van der Waals surface area contributed by atoms with Crippen LogP contribution in [0, 0.1) is 0 Å². The molecule has 0 bridgehead atoms. The number of amides is 1. The Bertz CT molecular complexity index is 320. The first-order valence-electron chi connectivity index (χ1n) is 9.75. The van der Waals surface area contributed by atoms with E-state index in [0.717, 1.165) is 64.2 Å². The van der Waals surface area contributed by atoms with E-state index in [-0.39, 0.29) is 5.97 Å². The Labute approximate surface area is 147 Å². The Balaban J connectivity index is 4.23. The van der Waals surface area contributed by atoms with Crippen molar-refractivity contribution >= 4 is 12.1 Å². The van der Waals surface area contributed by atoms with Crippen LogP contribution in [0.25, 0.3) is 0 Å². The summed E-state index contributed by atoms with van der Waals surface area (Å²) in [6.45, 7) is 7.14. The van der Waals surface area contributed by atoms with E-state index in [1.54, 1.807) is 0 Å². The number of esters is 1. The zero-order valence-electron chi connectivity index (χ0n) is 15.9. The van der Waals surface area contributed by atoms with Crippen molar-refractivity contribution in [2.24, 2.45) is 0 Å². The fourth-order valence-corrected chi connectivity index (χ4v) is 2.32. The first-order valence-corrected chi connectivity index (χ1v) is 9.75. The SMILES string of the molecule is CCCCCCOC(=O)C(CCCCCC)NC(=O)OCCCC. The van der Waals surface area contributed by atoms with Crippen LogP contribution >= 0.6 is 0 Å². The summed E-state index contributed by atoms with van der Waals surface area (Å²) in [5, 5.41) is 2.67. The molecule has 0 aliphatic carbocycles. The second kappa shape index (κ2) is 16.6. The fourth-order valence-electron chi connectivity index (χ4n) is 2.32. The summed E-state index contributed by atoms with van der Waals surface area (Å²) < 4.78 is 10.4. The molecule has 0 aliphatic heterocycles. The summed E-state index contributed by atoms with van der Waals surface area (Å²) in [5.74, 6) is -0.338. The van der Waals surface area contributed by atoms with E-state index in [4.69, 9.17) is 9.47 Å². The van der Waals surface area contributed by atoms with Gasteiger partial charge in [0.15, 0.2) is 0 Å². The van der Waals surface area contributed by atoms with E-state index in [2.05, 4.69) is 19.2 Å². The monoisotopic (exact) mass is 343 g/mol. The van der Waals surface area contributed by atoms with Crippen LogP contribution in [-0.4, -0.2) is 31.3 Å². The Morgan fingerprint density at radius 1 is 0.750 bits per heavy atom. The molecule has 0 spiro atoms. The summed E-state index contributed by atoms with van der Waals surface area (Å²) >= 11 is 0. The summed E-state index contributed by atoms with van der Waals surface area (Å²) in [6, 6.07) is -0.595. The number of hydrogen-bond acceptors (Lipinski definition) is 4. The average molecular weight is 344 g/mol. The molecule has 1 atom stereocenters. The Morgan fingerprint density at radius 3 is 1.96 bits per heavy atom. The lowest BCUT2D eigenvalue weighted by Gasteiger charge is -2.17. The molecule has 1 unspecified atom stereocenters. The fraction of sp³-hybridized carbons (Fsp3) is 0.895. The third kappa shape index (κ3) is 13.2. The third-order valence-corrected chi connectivity index (χ3v) is 3.90. The summed E-state index contributed by atoms with van der Waals surface area (Å²) in [7, 11) is 0. The van der Waals surface area contributed by atoms with Crippen molar-refractivity contribution < 1.29 is 19.1 Å². The lowest BCUT2D eigenvalue weighted by atomic mass is 10.1. The molecule has 24 heavy (non-hydrogen) atoms. The molecule has 5 heteroatoms. The largest absolute Gasteiger partial charge is 0.464 e. The number of carbonyl (C=O) groups excluding carboxylic acids is 2. The first kappa shape index (κ1) is 22.7. The van der Waals surface area contributed by atoms with Crippen molar-refractivity contribution in [3.63, 3.8) is 0 Å². The van der Waals surface area contributed by atoms with Gasteiger partial charge in [-0.05, 0) is 19.3 Å². The molecule has 1 N–H and O–H groups in total. The highest BCUT2D eigenvalue weighted by Crippen LogP contribution is 2.08. The highest BCUT2D eigenvalue weighted by molar-refractivity contribution is 5.81. The number of alkyl carbamates (subject to hydrolysis) is 1. The molecule has 0 radical (unpaired) electrons. The van der Waals surface area contributed by atoms with Crippen LogP contribution in [0.3, 0.4) is 0 Å². The first-order chi connectivity index (χ1) is 11.7. The summed E-state index contributed by atoms with van der Waals surface area (Å²) in [4.78, 5) is 24.0. The van der Waals surface area contributed by atoms with Gasteiger partial charge in [-0.15, -0.1) is 0 Å². The van der Waals surface area contributed by atoms with Crippen molar-refractivity contribution in [2.75, 3.05) is 13.2 Å². The maximum absolute atomic E-state index is 12.2. The van der Waals surface area contributed by atoms with Crippen LogP contribution < -0.4 is 5.32 Å². The van der Waals surface area contributed by atoms with Crippen molar-refractivity contribution in [3.8, 4) is 0 Å². The molecule has 5 nitrogen and oxygen atoms in total. The van der Waals surface area contributed by atoms with Crippen LogP contribution in [0.1, 0.15) is 91.4 Å². The quantitative estimate of drug-likeness (QED) is 0.336. The number of rotatable bonds is 15. The predicted molar refractivity (Wildman–Crippen MR) is 97.0 cm³/mol. The highest BCUT2D eigenvalue weighted by Gasteiger charge is 2.22. The van der Waals surface area contributed by atoms with Gasteiger partial charge in [0, 0.05) is 0 Å². The molecule has 142 valence electrons. The van der Waals surface area contributed by atoms with Gasteiger partial charge in [0.1, 0.15) is 6.04 Å². The van der Waals surface area contributed by atoms with E-state index >= 15 is 0 Å². The lowest BCUT2D eigenvalue weighted by Crippen LogP contribution is -2.42. The minimum atomic E-state index is -0.595. The van der Waals surface area contributed by atoms with E-state index in [1.165, 1.54) is 0 Å². The Kier molecular flexibility index (Phi) is 15.7. The molecule has 0 heterocycles. The lowest BCUT2D eigenvalue weighted by molar-refractivity contribution is -0.146. The molecule has 0 aromatic heterocycles. The molecule has 0 aromatic carbocycles. The van der Waals surface area contributed by atoms with Crippen molar-refractivity contribution in [1.82, 2.24) is 5.32 Å². The van der Waals surface area contributed by atoms with Crippen LogP contribution in [0.5, 0.6) is 0 Å². The van der Waals surface area contributed by atoms with Crippen LogP contribution in [0.2, 0.25) is 0 Å².